The summed E-state index contributed by atoms with van der Waals surface area (Å²) in [6, 6.07) is -0.439. The molecule has 1 aliphatic rings. The van der Waals surface area contributed by atoms with Gasteiger partial charge in [0.1, 0.15) is 0 Å². The fourth-order valence-corrected chi connectivity index (χ4v) is 2.60. The fourth-order valence-electron chi connectivity index (χ4n) is 2.30. The predicted octanol–water partition coefficient (Wildman–Crippen LogP) is 1.57. The summed E-state index contributed by atoms with van der Waals surface area (Å²) >= 11 is 0. The van der Waals surface area contributed by atoms with E-state index in [1.54, 1.807) is 12.2 Å². The van der Waals surface area contributed by atoms with Crippen LogP contribution in [0.2, 0.25) is 0 Å². The van der Waals surface area contributed by atoms with Gasteiger partial charge < -0.3 is 5.32 Å². The van der Waals surface area contributed by atoms with Gasteiger partial charge in [0.05, 0.1) is 6.54 Å². The van der Waals surface area contributed by atoms with Crippen molar-refractivity contribution in [3.63, 3.8) is 0 Å². The highest BCUT2D eigenvalue weighted by atomic mass is 32.2. The molecular formula is C16H23N3O4S. The van der Waals surface area contributed by atoms with Crippen molar-refractivity contribution in [3.8, 4) is 0 Å². The van der Waals surface area contributed by atoms with Crippen molar-refractivity contribution in [2.45, 2.75) is 26.7 Å². The zero-order valence-electron chi connectivity index (χ0n) is 13.9. The number of amides is 3. The maximum absolute atomic E-state index is 12.1. The first-order valence-corrected chi connectivity index (χ1v) is 9.11. The molecule has 8 heteroatoms. The van der Waals surface area contributed by atoms with Crippen LogP contribution in [0.25, 0.3) is 0 Å². The van der Waals surface area contributed by atoms with Crippen LogP contribution in [-0.4, -0.2) is 38.3 Å². The van der Waals surface area contributed by atoms with Gasteiger partial charge in [0.2, 0.25) is 10.0 Å². The first-order chi connectivity index (χ1) is 11.2. The maximum atomic E-state index is 12.1. The molecule has 0 saturated heterocycles. The van der Waals surface area contributed by atoms with Crippen molar-refractivity contribution in [1.82, 2.24) is 10.2 Å². The summed E-state index contributed by atoms with van der Waals surface area (Å²) in [5, 5.41) is 8.40. The van der Waals surface area contributed by atoms with E-state index in [1.807, 2.05) is 13.8 Å². The van der Waals surface area contributed by atoms with E-state index < -0.39 is 16.1 Å². The second-order valence-electron chi connectivity index (χ2n) is 5.35. The second kappa shape index (κ2) is 8.60. The quantitative estimate of drug-likeness (QED) is 0.677. The molecule has 0 atom stereocenters. The lowest BCUT2D eigenvalue weighted by Crippen LogP contribution is -2.42. The van der Waals surface area contributed by atoms with Gasteiger partial charge in [-0.15, -0.1) is 0 Å². The van der Waals surface area contributed by atoms with E-state index in [4.69, 9.17) is 5.14 Å². The Kier molecular flexibility index (Phi) is 7.12. The predicted molar refractivity (Wildman–Crippen MR) is 93.2 cm³/mol. The number of rotatable bonds is 7. The molecule has 3 amide bonds. The number of hydrogen-bond acceptors (Lipinski definition) is 4. The minimum Gasteiger partial charge on any atom is -0.337 e. The summed E-state index contributed by atoms with van der Waals surface area (Å²) in [6.45, 7) is 7.97. The van der Waals surface area contributed by atoms with E-state index in [2.05, 4.69) is 11.9 Å². The highest BCUT2D eigenvalue weighted by Gasteiger charge is 2.31. The Morgan fingerprint density at radius 3 is 2.62 bits per heavy atom. The van der Waals surface area contributed by atoms with E-state index in [-0.39, 0.29) is 5.91 Å². The van der Waals surface area contributed by atoms with Crippen LogP contribution in [0.4, 0.5) is 4.79 Å². The monoisotopic (exact) mass is 353 g/mol. The third kappa shape index (κ3) is 5.78. The van der Waals surface area contributed by atoms with Gasteiger partial charge in [-0.2, -0.15) is 0 Å². The summed E-state index contributed by atoms with van der Waals surface area (Å²) < 4.78 is 21.6. The molecule has 0 aliphatic carbocycles. The van der Waals surface area contributed by atoms with Crippen molar-refractivity contribution in [3.05, 3.63) is 46.9 Å². The van der Waals surface area contributed by atoms with E-state index in [0.29, 0.717) is 31.5 Å². The molecule has 1 aliphatic heterocycles. The number of urea groups is 1. The van der Waals surface area contributed by atoms with E-state index in [1.165, 1.54) is 11.0 Å². The Morgan fingerprint density at radius 2 is 2.12 bits per heavy atom. The SMILES string of the molecule is C=C/C(=C\C=C\S(N)(=O)=O)CCNC(=O)N1CC(C)=C(CC)C1=O. The van der Waals surface area contributed by atoms with Gasteiger partial charge in [-0.05, 0) is 37.0 Å². The largest absolute Gasteiger partial charge is 0.337 e. The molecule has 0 fully saturated rings. The van der Waals surface area contributed by atoms with Crippen molar-refractivity contribution < 1.29 is 18.0 Å². The van der Waals surface area contributed by atoms with Crippen molar-refractivity contribution in [2.24, 2.45) is 5.14 Å². The number of imide groups is 1. The number of sulfonamides is 1. The van der Waals surface area contributed by atoms with Gasteiger partial charge in [-0.1, -0.05) is 25.7 Å². The number of nitrogens with two attached hydrogens (primary N) is 1. The molecule has 0 bridgehead atoms. The van der Waals surface area contributed by atoms with Gasteiger partial charge in [0, 0.05) is 17.5 Å². The van der Waals surface area contributed by atoms with Gasteiger partial charge in [-0.25, -0.2) is 18.4 Å². The molecular weight excluding hydrogens is 330 g/mol. The van der Waals surface area contributed by atoms with E-state index >= 15 is 0 Å². The number of carbonyl (C=O) groups is 2. The minimum atomic E-state index is -3.67. The summed E-state index contributed by atoms with van der Waals surface area (Å²) in [6.07, 6.45) is 5.46. The number of nitrogens with one attached hydrogen (secondary N) is 1. The molecule has 3 N–H and O–H groups in total. The lowest BCUT2D eigenvalue weighted by atomic mass is 10.1. The third-order valence-corrected chi connectivity index (χ3v) is 4.08. The first kappa shape index (κ1) is 19.9. The highest BCUT2D eigenvalue weighted by molar-refractivity contribution is 7.92. The molecule has 0 aromatic heterocycles. The molecule has 0 radical (unpaired) electrons. The molecule has 0 spiro atoms. The van der Waals surface area contributed by atoms with Crippen LogP contribution in [0.1, 0.15) is 26.7 Å². The average molecular weight is 353 g/mol. The average Bonchev–Trinajstić information content (AvgIpc) is 2.78. The molecule has 1 heterocycles. The first-order valence-electron chi connectivity index (χ1n) is 7.50. The lowest BCUT2D eigenvalue weighted by Gasteiger charge is -2.16. The summed E-state index contributed by atoms with van der Waals surface area (Å²) in [5.41, 5.74) is 2.33. The van der Waals surface area contributed by atoms with E-state index in [0.717, 1.165) is 16.6 Å². The standard InChI is InChI=1S/C16H23N3O4S/c1-4-13(7-6-10-24(17,22)23)8-9-18-16(21)19-11-12(3)14(5-2)15(19)20/h4,6-7,10H,1,5,8-9,11H2,2-3H3,(H,18,21)(H2,17,22,23)/b10-6+,13-7+. The third-order valence-electron chi connectivity index (χ3n) is 3.54. The van der Waals surface area contributed by atoms with Crippen LogP contribution in [-0.2, 0) is 14.8 Å². The Hall–Kier alpha value is -2.19. The molecule has 7 nitrogen and oxygen atoms in total. The number of hydrogen-bond donors (Lipinski definition) is 2. The van der Waals surface area contributed by atoms with Gasteiger partial charge in [0.15, 0.2) is 0 Å². The molecule has 0 aromatic rings. The van der Waals surface area contributed by atoms with Crippen LogP contribution >= 0.6 is 0 Å². The number of nitrogens with zero attached hydrogens (tertiary/aromatic N) is 1. The Labute approximate surface area is 142 Å². The Morgan fingerprint density at radius 1 is 1.46 bits per heavy atom. The van der Waals surface area contributed by atoms with Gasteiger partial charge in [0.25, 0.3) is 5.91 Å². The summed E-state index contributed by atoms with van der Waals surface area (Å²) in [4.78, 5) is 25.4. The minimum absolute atomic E-state index is 0.247. The van der Waals surface area contributed by atoms with Crippen LogP contribution in [0, 0.1) is 0 Å². The van der Waals surface area contributed by atoms with E-state index in [9.17, 15) is 18.0 Å². The molecule has 0 aromatic carbocycles. The topological polar surface area (TPSA) is 110 Å². The van der Waals surface area contributed by atoms with Crippen molar-refractivity contribution >= 4 is 22.0 Å². The second-order valence-corrected chi connectivity index (χ2v) is 6.80. The number of primary sulfonamides is 1. The molecule has 1 rings (SSSR count). The van der Waals surface area contributed by atoms with Gasteiger partial charge >= 0.3 is 6.03 Å². The summed E-state index contributed by atoms with van der Waals surface area (Å²) in [5.74, 6) is -0.247. The summed E-state index contributed by atoms with van der Waals surface area (Å²) in [7, 11) is -3.67. The number of carbonyl (C=O) groups excluding carboxylic acids is 2. The van der Waals surface area contributed by atoms with Crippen LogP contribution in [0.3, 0.4) is 0 Å². The van der Waals surface area contributed by atoms with Gasteiger partial charge in [-0.3, -0.25) is 9.69 Å². The van der Waals surface area contributed by atoms with Crippen molar-refractivity contribution in [1.29, 1.82) is 0 Å². The highest BCUT2D eigenvalue weighted by Crippen LogP contribution is 2.21. The molecule has 24 heavy (non-hydrogen) atoms. The maximum Gasteiger partial charge on any atom is 0.324 e. The van der Waals surface area contributed by atoms with Crippen LogP contribution in [0.15, 0.2) is 46.9 Å². The zero-order valence-corrected chi connectivity index (χ0v) is 14.7. The number of allylic oxidation sites excluding steroid dienone is 3. The molecule has 0 unspecified atom stereocenters. The van der Waals surface area contributed by atoms with Crippen LogP contribution < -0.4 is 10.5 Å². The van der Waals surface area contributed by atoms with Crippen molar-refractivity contribution in [2.75, 3.05) is 13.1 Å². The lowest BCUT2D eigenvalue weighted by molar-refractivity contribution is -0.123. The normalized spacial score (nSPS) is 16.2. The Bertz CT molecular complexity index is 718. The fraction of sp³-hybridized carbons (Fsp3) is 0.375. The smallest absolute Gasteiger partial charge is 0.324 e. The Balaban J connectivity index is 2.54. The van der Waals surface area contributed by atoms with Crippen LogP contribution in [0.5, 0.6) is 0 Å². The molecule has 0 saturated carbocycles. The zero-order chi connectivity index (χ0) is 18.3. The molecule has 132 valence electrons.